The Morgan fingerprint density at radius 3 is 2.44 bits per heavy atom. The molecule has 0 radical (unpaired) electrons. The minimum absolute atomic E-state index is 0.0198. The van der Waals surface area contributed by atoms with Crippen molar-refractivity contribution in [1.29, 1.82) is 0 Å². The van der Waals surface area contributed by atoms with Crippen LogP contribution in [0.5, 0.6) is 5.75 Å². The Labute approximate surface area is 328 Å². The van der Waals surface area contributed by atoms with Gasteiger partial charge in [-0.15, -0.1) is 0 Å². The summed E-state index contributed by atoms with van der Waals surface area (Å²) in [6.45, 7) is 7.99. The van der Waals surface area contributed by atoms with E-state index in [-0.39, 0.29) is 51.8 Å². The molecule has 2 aliphatic rings. The summed E-state index contributed by atoms with van der Waals surface area (Å²) < 4.78 is 42.6. The molecule has 0 aromatic heterocycles. The van der Waals surface area contributed by atoms with Crippen LogP contribution in [-0.2, 0) is 34.0 Å². The molecule has 0 aliphatic carbocycles. The van der Waals surface area contributed by atoms with Gasteiger partial charge in [-0.2, -0.15) is 0 Å². The Hall–Kier alpha value is -4.47. The molecule has 296 valence electrons. The van der Waals surface area contributed by atoms with Gasteiger partial charge in [-0.25, -0.2) is 14.0 Å². The molecule has 55 heavy (non-hydrogen) atoms. The quantitative estimate of drug-likeness (QED) is 0.0968. The lowest BCUT2D eigenvalue weighted by Crippen LogP contribution is -2.49. The number of amides is 2. The van der Waals surface area contributed by atoms with E-state index in [1.54, 1.807) is 24.3 Å². The van der Waals surface area contributed by atoms with Crippen LogP contribution >= 0.6 is 23.2 Å². The topological polar surface area (TPSA) is 171 Å². The van der Waals surface area contributed by atoms with Gasteiger partial charge in [0.2, 0.25) is 11.8 Å². The van der Waals surface area contributed by atoms with Gasteiger partial charge in [0.1, 0.15) is 29.7 Å². The molecule has 3 aromatic carbocycles. The summed E-state index contributed by atoms with van der Waals surface area (Å²) in [5.74, 6) is -4.54. The number of methoxy groups -OCH3 is 2. The molecule has 5 rings (SSSR count). The molecular weight excluding hydrogens is 760 g/mol. The summed E-state index contributed by atoms with van der Waals surface area (Å²) in [6.07, 6.45) is -1.94. The number of aromatic carboxylic acids is 1. The van der Waals surface area contributed by atoms with Crippen molar-refractivity contribution in [1.82, 2.24) is 5.32 Å². The van der Waals surface area contributed by atoms with Crippen molar-refractivity contribution in [3.63, 3.8) is 0 Å². The van der Waals surface area contributed by atoms with Crippen molar-refractivity contribution >= 4 is 58.5 Å². The largest absolute Gasteiger partial charge is 0.508 e. The van der Waals surface area contributed by atoms with Crippen LogP contribution in [0.15, 0.2) is 48.5 Å². The van der Waals surface area contributed by atoms with Gasteiger partial charge in [0.25, 0.3) is 0 Å². The molecule has 1 unspecified atom stereocenters. The molecule has 3 aromatic rings. The average molecular weight is 805 g/mol. The number of fused-ring (bicyclic) bond motifs is 2. The second-order valence-electron chi connectivity index (χ2n) is 14.5. The minimum Gasteiger partial charge on any atom is -0.494 e. The van der Waals surface area contributed by atoms with Gasteiger partial charge >= 0.3 is 12.1 Å². The van der Waals surface area contributed by atoms with E-state index in [0.29, 0.717) is 35.9 Å². The van der Waals surface area contributed by atoms with Crippen LogP contribution in [0, 0.1) is 11.2 Å². The van der Waals surface area contributed by atoms with E-state index in [2.05, 4.69) is 16.0 Å². The maximum absolute atomic E-state index is 16.2. The number of ether oxygens (including phenoxy) is 5. The first-order chi connectivity index (χ1) is 26.0. The summed E-state index contributed by atoms with van der Waals surface area (Å²) in [5, 5.41) is 19.4. The number of carbonyl (C=O) groups is 4. The molecule has 2 aliphatic heterocycles. The second kappa shape index (κ2) is 17.1. The van der Waals surface area contributed by atoms with Gasteiger partial charge in [0.05, 0.1) is 54.8 Å². The number of nitrogens with one attached hydrogen (secondary N) is 3. The fourth-order valence-electron chi connectivity index (χ4n) is 7.54. The Morgan fingerprint density at radius 2 is 1.76 bits per heavy atom. The summed E-state index contributed by atoms with van der Waals surface area (Å²) in [6, 6.07) is 10.0. The van der Waals surface area contributed by atoms with Crippen molar-refractivity contribution in [2.45, 2.75) is 63.6 Å². The lowest BCUT2D eigenvalue weighted by atomic mass is 9.62. The van der Waals surface area contributed by atoms with E-state index >= 15 is 4.39 Å². The van der Waals surface area contributed by atoms with Gasteiger partial charge < -0.3 is 44.7 Å². The summed E-state index contributed by atoms with van der Waals surface area (Å²) in [4.78, 5) is 54.1. The first-order valence-corrected chi connectivity index (χ1v) is 18.3. The molecule has 13 nitrogen and oxygen atoms in total. The van der Waals surface area contributed by atoms with E-state index in [1.807, 2.05) is 20.8 Å². The zero-order chi connectivity index (χ0) is 40.2. The number of benzene rings is 3. The fourth-order valence-corrected chi connectivity index (χ4v) is 7.89. The SMILES string of the molecule is COCCOCCOC(=O)OC(C)c1c(C(=O)O)ccc(NC(=O)[C@@H]2N[C@@H](CC(C)(C)C)[C@@]3(C(=O)Nc4cc(Cl)ccc43)[C@H]2c2cccc(Cl)c2F)c1OC. The minimum atomic E-state index is -1.51. The smallest absolute Gasteiger partial charge is 0.494 e. The highest BCUT2D eigenvalue weighted by Gasteiger charge is 2.66. The number of hydrogen-bond donors (Lipinski definition) is 4. The van der Waals surface area contributed by atoms with Crippen LogP contribution in [0.1, 0.15) is 73.2 Å². The summed E-state index contributed by atoms with van der Waals surface area (Å²) >= 11 is 12.7. The van der Waals surface area contributed by atoms with Crippen LogP contribution in [0.25, 0.3) is 0 Å². The average Bonchev–Trinajstić information content (AvgIpc) is 3.59. The van der Waals surface area contributed by atoms with Crippen LogP contribution in [0.4, 0.5) is 20.6 Å². The third-order valence-corrected chi connectivity index (χ3v) is 10.2. The summed E-state index contributed by atoms with van der Waals surface area (Å²) in [7, 11) is 2.79. The number of anilines is 2. The number of carboxylic acids is 1. The van der Waals surface area contributed by atoms with E-state index in [0.717, 1.165) is 0 Å². The Bertz CT molecular complexity index is 1960. The molecule has 0 saturated carbocycles. The monoisotopic (exact) mass is 803 g/mol. The molecule has 1 saturated heterocycles. The molecule has 2 amide bonds. The molecular formula is C39H44Cl2FN3O10. The maximum Gasteiger partial charge on any atom is 0.508 e. The first kappa shape index (κ1) is 41.7. The van der Waals surface area contributed by atoms with Crippen LogP contribution < -0.4 is 20.7 Å². The van der Waals surface area contributed by atoms with Crippen molar-refractivity contribution in [2.24, 2.45) is 5.41 Å². The fraction of sp³-hybridized carbons (Fsp3) is 0.436. The number of halogens is 3. The van der Waals surface area contributed by atoms with Crippen LogP contribution in [0.2, 0.25) is 10.0 Å². The van der Waals surface area contributed by atoms with E-state index in [4.69, 9.17) is 46.9 Å². The zero-order valence-electron chi connectivity index (χ0n) is 31.2. The van der Waals surface area contributed by atoms with Crippen LogP contribution in [-0.4, -0.2) is 81.8 Å². The molecule has 2 heterocycles. The molecule has 4 N–H and O–H groups in total. The standard InChI is InChI=1S/C39H44Cl2FN3O10/c1-20(55-37(50)54-17-16-53-15-14-51-5)29-22(35(47)48)11-13-26(33(29)52-6)43-34(46)32-30(23-8-7-9-25(41)31(23)42)39(28(45-32)19-38(2,3)4)24-12-10-21(40)18-27(24)44-36(39)49/h7-13,18,20,28,30,32,45H,14-17,19H2,1-6H3,(H,43,46)(H,44,49)(H,47,48)/t20?,28-,30-,32+,39+/m0/s1. The van der Waals surface area contributed by atoms with Crippen LogP contribution in [0.3, 0.4) is 0 Å². The summed E-state index contributed by atoms with van der Waals surface area (Å²) in [5.41, 5.74) is -1.19. The van der Waals surface area contributed by atoms with Gasteiger partial charge in [-0.1, -0.05) is 62.2 Å². The molecule has 16 heteroatoms. The highest BCUT2D eigenvalue weighted by atomic mass is 35.5. The van der Waals surface area contributed by atoms with Crippen molar-refractivity contribution in [2.75, 3.05) is 51.3 Å². The van der Waals surface area contributed by atoms with Gasteiger partial charge in [-0.3, -0.25) is 9.59 Å². The van der Waals surface area contributed by atoms with E-state index in [1.165, 1.54) is 45.4 Å². The second-order valence-corrected chi connectivity index (χ2v) is 15.3. The lowest BCUT2D eigenvalue weighted by molar-refractivity contribution is -0.122. The van der Waals surface area contributed by atoms with Gasteiger partial charge in [0, 0.05) is 29.8 Å². The normalized spacial score (nSPS) is 20.8. The van der Waals surface area contributed by atoms with Gasteiger partial charge in [-0.05, 0) is 60.2 Å². The van der Waals surface area contributed by atoms with E-state index < -0.39 is 59.3 Å². The predicted molar refractivity (Wildman–Crippen MR) is 203 cm³/mol. The van der Waals surface area contributed by atoms with Crippen molar-refractivity contribution in [3.8, 4) is 5.75 Å². The Kier molecular flexibility index (Phi) is 13.0. The van der Waals surface area contributed by atoms with Gasteiger partial charge in [0.15, 0.2) is 0 Å². The highest BCUT2D eigenvalue weighted by Crippen LogP contribution is 2.57. The van der Waals surface area contributed by atoms with Crippen molar-refractivity contribution in [3.05, 3.63) is 86.6 Å². The Morgan fingerprint density at radius 1 is 1.04 bits per heavy atom. The predicted octanol–water partition coefficient (Wildman–Crippen LogP) is 7.11. The zero-order valence-corrected chi connectivity index (χ0v) is 32.7. The van der Waals surface area contributed by atoms with Crippen molar-refractivity contribution < 1.29 is 52.4 Å². The van der Waals surface area contributed by atoms with E-state index in [9.17, 15) is 24.3 Å². The third kappa shape index (κ3) is 8.53. The first-order valence-electron chi connectivity index (χ1n) is 17.5. The number of carboxylic acid groups (broad SMARTS) is 1. The Balaban J connectivity index is 1.56. The third-order valence-electron chi connectivity index (χ3n) is 9.67. The molecule has 1 fully saturated rings. The highest BCUT2D eigenvalue weighted by molar-refractivity contribution is 6.31. The molecule has 1 spiro atoms. The number of rotatable bonds is 14. The lowest BCUT2D eigenvalue weighted by Gasteiger charge is -2.37. The maximum atomic E-state index is 16.2. The molecule has 5 atom stereocenters. The number of carbonyl (C=O) groups excluding carboxylic acids is 3. The number of hydrogen-bond acceptors (Lipinski definition) is 10. The molecule has 0 bridgehead atoms.